The van der Waals surface area contributed by atoms with Crippen molar-refractivity contribution in [3.63, 3.8) is 0 Å². The molecule has 0 spiro atoms. The molecule has 0 saturated carbocycles. The van der Waals surface area contributed by atoms with Gasteiger partial charge in [0, 0.05) is 37.6 Å². The van der Waals surface area contributed by atoms with Crippen molar-refractivity contribution in [3.05, 3.63) is 47.5 Å². The largest absolute Gasteiger partial charge is 0.496 e. The van der Waals surface area contributed by atoms with Gasteiger partial charge in [0.15, 0.2) is 5.96 Å². The second kappa shape index (κ2) is 10.5. The van der Waals surface area contributed by atoms with Gasteiger partial charge in [0.1, 0.15) is 11.6 Å². The molecule has 0 aliphatic carbocycles. The predicted molar refractivity (Wildman–Crippen MR) is 107 cm³/mol. The van der Waals surface area contributed by atoms with E-state index in [9.17, 15) is 0 Å². The van der Waals surface area contributed by atoms with Crippen molar-refractivity contribution in [1.82, 2.24) is 20.2 Å². The summed E-state index contributed by atoms with van der Waals surface area (Å²) in [6, 6.07) is 6.21. The Bertz CT molecular complexity index is 708. The molecule has 6 heteroatoms. The zero-order valence-electron chi connectivity index (χ0n) is 16.4. The first kappa shape index (κ1) is 19.8. The Morgan fingerprint density at radius 1 is 1.23 bits per heavy atom. The highest BCUT2D eigenvalue weighted by molar-refractivity contribution is 5.79. The van der Waals surface area contributed by atoms with Gasteiger partial charge in [-0.3, -0.25) is 0 Å². The van der Waals surface area contributed by atoms with Crippen LogP contribution in [-0.4, -0.2) is 35.7 Å². The monoisotopic (exact) mass is 357 g/mol. The molecule has 2 aromatic rings. The van der Waals surface area contributed by atoms with Crippen LogP contribution >= 0.6 is 0 Å². The van der Waals surface area contributed by atoms with Gasteiger partial charge in [-0.1, -0.05) is 12.1 Å². The number of guanidine groups is 1. The number of nitrogens with one attached hydrogen (secondary N) is 2. The highest BCUT2D eigenvalue weighted by Gasteiger charge is 2.04. The molecule has 26 heavy (non-hydrogen) atoms. The molecule has 0 aliphatic heterocycles. The molecule has 0 bridgehead atoms. The summed E-state index contributed by atoms with van der Waals surface area (Å²) in [5, 5.41) is 6.71. The van der Waals surface area contributed by atoms with Gasteiger partial charge >= 0.3 is 0 Å². The minimum absolute atomic E-state index is 0.590. The summed E-state index contributed by atoms with van der Waals surface area (Å²) < 4.78 is 7.64. The van der Waals surface area contributed by atoms with Crippen molar-refractivity contribution in [2.24, 2.45) is 4.99 Å². The predicted octanol–water partition coefficient (Wildman–Crippen LogP) is 3.04. The molecule has 0 fully saturated rings. The summed E-state index contributed by atoms with van der Waals surface area (Å²) in [5.74, 6) is 2.80. The Morgan fingerprint density at radius 3 is 2.77 bits per heavy atom. The fraction of sp³-hybridized carbons (Fsp3) is 0.500. The van der Waals surface area contributed by atoms with Gasteiger partial charge in [-0.05, 0) is 45.2 Å². The lowest BCUT2D eigenvalue weighted by molar-refractivity contribution is 0.409. The number of hydrogen-bond donors (Lipinski definition) is 2. The molecule has 142 valence electrons. The Balaban J connectivity index is 1.82. The smallest absolute Gasteiger partial charge is 0.191 e. The SMILES string of the molecule is CCNC(=NCc1ccc(C)cc1OC)NCCCCn1ccnc1C. The molecule has 0 radical (unpaired) electrons. The van der Waals surface area contributed by atoms with Crippen LogP contribution in [0.4, 0.5) is 0 Å². The van der Waals surface area contributed by atoms with Gasteiger partial charge in [-0.2, -0.15) is 0 Å². The Kier molecular flexibility index (Phi) is 7.99. The zero-order valence-corrected chi connectivity index (χ0v) is 16.4. The second-order valence-corrected chi connectivity index (χ2v) is 6.31. The fourth-order valence-corrected chi connectivity index (χ4v) is 2.74. The van der Waals surface area contributed by atoms with E-state index in [-0.39, 0.29) is 0 Å². The molecule has 1 aromatic heterocycles. The number of imidazole rings is 1. The maximum atomic E-state index is 5.46. The van der Waals surface area contributed by atoms with Crippen LogP contribution in [0.25, 0.3) is 0 Å². The van der Waals surface area contributed by atoms with Gasteiger partial charge in [-0.15, -0.1) is 0 Å². The summed E-state index contributed by atoms with van der Waals surface area (Å²) in [5.41, 5.74) is 2.28. The number of methoxy groups -OCH3 is 1. The number of unbranched alkanes of at least 4 members (excludes halogenated alkanes) is 1. The first-order valence-corrected chi connectivity index (χ1v) is 9.27. The van der Waals surface area contributed by atoms with E-state index in [1.807, 2.05) is 25.4 Å². The Morgan fingerprint density at radius 2 is 2.08 bits per heavy atom. The number of benzene rings is 1. The second-order valence-electron chi connectivity index (χ2n) is 6.31. The number of hydrogen-bond acceptors (Lipinski definition) is 3. The summed E-state index contributed by atoms with van der Waals surface area (Å²) in [6.07, 6.45) is 6.07. The van der Waals surface area contributed by atoms with Crippen molar-refractivity contribution in [1.29, 1.82) is 0 Å². The van der Waals surface area contributed by atoms with Gasteiger partial charge in [0.05, 0.1) is 13.7 Å². The van der Waals surface area contributed by atoms with Gasteiger partial charge in [-0.25, -0.2) is 9.98 Å². The standard InChI is InChI=1S/C20H31N5O/c1-5-21-20(23-10-6-7-12-25-13-11-22-17(25)3)24-15-18-9-8-16(2)14-19(18)26-4/h8-9,11,13-14H,5-7,10,12,15H2,1-4H3,(H2,21,23,24). The molecule has 2 N–H and O–H groups in total. The van der Waals surface area contributed by atoms with Crippen LogP contribution in [0.3, 0.4) is 0 Å². The van der Waals surface area contributed by atoms with E-state index in [1.165, 1.54) is 5.56 Å². The van der Waals surface area contributed by atoms with Crippen LogP contribution in [-0.2, 0) is 13.1 Å². The van der Waals surface area contributed by atoms with Crippen LogP contribution in [0, 0.1) is 13.8 Å². The molecule has 0 aliphatic rings. The van der Waals surface area contributed by atoms with E-state index in [4.69, 9.17) is 4.74 Å². The van der Waals surface area contributed by atoms with Crippen molar-refractivity contribution in [2.75, 3.05) is 20.2 Å². The van der Waals surface area contributed by atoms with Crippen LogP contribution in [0.2, 0.25) is 0 Å². The molecule has 6 nitrogen and oxygen atoms in total. The quantitative estimate of drug-likeness (QED) is 0.411. The van der Waals surface area contributed by atoms with Gasteiger partial charge in [0.2, 0.25) is 0 Å². The van der Waals surface area contributed by atoms with Gasteiger partial charge in [0.25, 0.3) is 0 Å². The summed E-state index contributed by atoms with van der Waals surface area (Å²) in [6.45, 7) is 9.50. The Labute approximate surface area is 156 Å². The van der Waals surface area contributed by atoms with E-state index in [0.717, 1.165) is 55.6 Å². The molecule has 0 amide bonds. The summed E-state index contributed by atoms with van der Waals surface area (Å²) in [4.78, 5) is 8.93. The highest BCUT2D eigenvalue weighted by Crippen LogP contribution is 2.20. The lowest BCUT2D eigenvalue weighted by atomic mass is 10.1. The Hall–Kier alpha value is -2.50. The van der Waals surface area contributed by atoms with Crippen LogP contribution in [0.15, 0.2) is 35.6 Å². The summed E-state index contributed by atoms with van der Waals surface area (Å²) in [7, 11) is 1.70. The fourth-order valence-electron chi connectivity index (χ4n) is 2.74. The molecule has 0 atom stereocenters. The van der Waals surface area contributed by atoms with E-state index >= 15 is 0 Å². The normalized spacial score (nSPS) is 11.5. The third-order valence-electron chi connectivity index (χ3n) is 4.24. The maximum Gasteiger partial charge on any atom is 0.191 e. The topological polar surface area (TPSA) is 63.5 Å². The minimum atomic E-state index is 0.590. The third-order valence-corrected chi connectivity index (χ3v) is 4.24. The molecule has 2 rings (SSSR count). The number of ether oxygens (including phenoxy) is 1. The van der Waals surface area contributed by atoms with Gasteiger partial charge < -0.3 is 19.9 Å². The number of aromatic nitrogens is 2. The van der Waals surface area contributed by atoms with E-state index in [1.54, 1.807) is 7.11 Å². The molecule has 1 heterocycles. The average molecular weight is 358 g/mol. The molecular formula is C20H31N5O. The lowest BCUT2D eigenvalue weighted by Gasteiger charge is -2.13. The third kappa shape index (κ3) is 6.10. The van der Waals surface area contributed by atoms with Crippen molar-refractivity contribution < 1.29 is 4.74 Å². The van der Waals surface area contributed by atoms with E-state index < -0.39 is 0 Å². The molecular weight excluding hydrogens is 326 g/mol. The van der Waals surface area contributed by atoms with Crippen molar-refractivity contribution in [2.45, 2.75) is 46.7 Å². The van der Waals surface area contributed by atoms with E-state index in [0.29, 0.717) is 6.54 Å². The molecule has 1 aromatic carbocycles. The zero-order chi connectivity index (χ0) is 18.8. The van der Waals surface area contributed by atoms with E-state index in [2.05, 4.69) is 51.2 Å². The van der Waals surface area contributed by atoms with Crippen molar-refractivity contribution >= 4 is 5.96 Å². The molecule has 0 saturated heterocycles. The average Bonchev–Trinajstić information content (AvgIpc) is 3.04. The van der Waals surface area contributed by atoms with Crippen molar-refractivity contribution in [3.8, 4) is 5.75 Å². The number of aliphatic imine (C=N–C) groups is 1. The number of rotatable bonds is 9. The molecule has 0 unspecified atom stereocenters. The maximum absolute atomic E-state index is 5.46. The number of aryl methyl sites for hydroxylation is 3. The number of nitrogens with zero attached hydrogens (tertiary/aromatic N) is 3. The minimum Gasteiger partial charge on any atom is -0.496 e. The van der Waals surface area contributed by atoms with Crippen LogP contribution in [0.1, 0.15) is 36.7 Å². The summed E-state index contributed by atoms with van der Waals surface area (Å²) >= 11 is 0. The first-order valence-electron chi connectivity index (χ1n) is 9.27. The highest BCUT2D eigenvalue weighted by atomic mass is 16.5. The van der Waals surface area contributed by atoms with Crippen LogP contribution < -0.4 is 15.4 Å². The lowest BCUT2D eigenvalue weighted by Crippen LogP contribution is -2.37. The first-order chi connectivity index (χ1) is 12.6. The van der Waals surface area contributed by atoms with Crippen LogP contribution in [0.5, 0.6) is 5.75 Å².